The van der Waals surface area contributed by atoms with Crippen LogP contribution in [0.4, 0.5) is 0 Å². The van der Waals surface area contributed by atoms with Crippen molar-refractivity contribution in [2.75, 3.05) is 39.8 Å². The number of aliphatic hydroxyl groups is 1. The molecule has 1 saturated heterocycles. The van der Waals surface area contributed by atoms with Crippen LogP contribution in [0, 0.1) is 5.92 Å². The number of benzene rings is 1. The first-order chi connectivity index (χ1) is 9.58. The molecule has 1 aromatic rings. The van der Waals surface area contributed by atoms with Gasteiger partial charge in [-0.25, -0.2) is 0 Å². The van der Waals surface area contributed by atoms with Gasteiger partial charge in [-0.2, -0.15) is 0 Å². The van der Waals surface area contributed by atoms with Gasteiger partial charge in [-0.3, -0.25) is 0 Å². The second-order valence-corrected chi connectivity index (χ2v) is 6.28. The number of halogens is 1. The van der Waals surface area contributed by atoms with Gasteiger partial charge in [0, 0.05) is 24.7 Å². The SMILES string of the molecule is CCN(C)CC1CCN(CC(O)c2cccc(Cl)c2)C1. The van der Waals surface area contributed by atoms with Crippen LogP contribution in [0.1, 0.15) is 25.0 Å². The summed E-state index contributed by atoms with van der Waals surface area (Å²) < 4.78 is 0. The summed E-state index contributed by atoms with van der Waals surface area (Å²) >= 11 is 5.97. The van der Waals surface area contributed by atoms with Crippen molar-refractivity contribution in [1.29, 1.82) is 0 Å². The summed E-state index contributed by atoms with van der Waals surface area (Å²) in [6.45, 7) is 7.31. The van der Waals surface area contributed by atoms with E-state index in [0.717, 1.165) is 37.7 Å². The van der Waals surface area contributed by atoms with Crippen LogP contribution in [0.2, 0.25) is 5.02 Å². The number of β-amino-alcohol motifs (C(OH)–C–C–N with tert-alkyl or cyclic N) is 1. The van der Waals surface area contributed by atoms with Crippen molar-refractivity contribution < 1.29 is 5.11 Å². The molecule has 0 spiro atoms. The predicted molar refractivity (Wildman–Crippen MR) is 84.1 cm³/mol. The zero-order valence-corrected chi connectivity index (χ0v) is 13.2. The van der Waals surface area contributed by atoms with Gasteiger partial charge in [0.05, 0.1) is 6.10 Å². The molecule has 1 heterocycles. The van der Waals surface area contributed by atoms with Crippen LogP contribution in [0.25, 0.3) is 0 Å². The minimum atomic E-state index is -0.448. The number of hydrogen-bond donors (Lipinski definition) is 1. The standard InChI is InChI=1S/C16H25ClN2O/c1-3-18(2)10-13-7-8-19(11-13)12-16(20)14-5-4-6-15(17)9-14/h4-6,9,13,16,20H,3,7-8,10-12H2,1-2H3. The van der Waals surface area contributed by atoms with E-state index in [-0.39, 0.29) is 0 Å². The molecule has 3 nitrogen and oxygen atoms in total. The fourth-order valence-corrected chi connectivity index (χ4v) is 3.06. The van der Waals surface area contributed by atoms with Crippen LogP contribution in [-0.2, 0) is 0 Å². The number of aliphatic hydroxyl groups excluding tert-OH is 1. The van der Waals surface area contributed by atoms with Crippen molar-refractivity contribution in [2.24, 2.45) is 5.92 Å². The number of rotatable bonds is 6. The zero-order valence-electron chi connectivity index (χ0n) is 12.4. The molecule has 1 aliphatic heterocycles. The minimum absolute atomic E-state index is 0.448. The molecule has 20 heavy (non-hydrogen) atoms. The van der Waals surface area contributed by atoms with E-state index in [1.165, 1.54) is 6.42 Å². The van der Waals surface area contributed by atoms with Gasteiger partial charge in [-0.05, 0) is 50.2 Å². The number of nitrogens with zero attached hydrogens (tertiary/aromatic N) is 2. The first-order valence-corrected chi connectivity index (χ1v) is 7.80. The monoisotopic (exact) mass is 296 g/mol. The molecule has 1 aromatic carbocycles. The van der Waals surface area contributed by atoms with E-state index in [1.807, 2.05) is 24.3 Å². The number of hydrogen-bond acceptors (Lipinski definition) is 3. The fourth-order valence-electron chi connectivity index (χ4n) is 2.86. The Hall–Kier alpha value is -0.610. The van der Waals surface area contributed by atoms with Crippen LogP contribution < -0.4 is 0 Å². The smallest absolute Gasteiger partial charge is 0.0917 e. The van der Waals surface area contributed by atoms with Crippen molar-refractivity contribution >= 4 is 11.6 Å². The lowest BCUT2D eigenvalue weighted by Crippen LogP contribution is -2.30. The lowest BCUT2D eigenvalue weighted by atomic mass is 10.1. The van der Waals surface area contributed by atoms with Crippen LogP contribution in [0.5, 0.6) is 0 Å². The van der Waals surface area contributed by atoms with E-state index in [9.17, 15) is 5.11 Å². The molecule has 0 saturated carbocycles. The normalized spacial score (nSPS) is 21.6. The van der Waals surface area contributed by atoms with Crippen molar-refractivity contribution in [3.8, 4) is 0 Å². The third-order valence-corrected chi connectivity index (χ3v) is 4.38. The first kappa shape index (κ1) is 15.8. The van der Waals surface area contributed by atoms with Gasteiger partial charge in [0.25, 0.3) is 0 Å². The lowest BCUT2D eigenvalue weighted by Gasteiger charge is -2.22. The summed E-state index contributed by atoms with van der Waals surface area (Å²) in [7, 11) is 2.17. The summed E-state index contributed by atoms with van der Waals surface area (Å²) in [6, 6.07) is 7.52. The molecule has 4 heteroatoms. The largest absolute Gasteiger partial charge is 0.387 e. The van der Waals surface area contributed by atoms with Crippen LogP contribution in [0.15, 0.2) is 24.3 Å². The van der Waals surface area contributed by atoms with Gasteiger partial charge in [-0.15, -0.1) is 0 Å². The minimum Gasteiger partial charge on any atom is -0.387 e. The second-order valence-electron chi connectivity index (χ2n) is 5.84. The van der Waals surface area contributed by atoms with E-state index >= 15 is 0 Å². The van der Waals surface area contributed by atoms with Gasteiger partial charge in [0.15, 0.2) is 0 Å². The average Bonchev–Trinajstić information content (AvgIpc) is 2.85. The van der Waals surface area contributed by atoms with E-state index in [2.05, 4.69) is 23.8 Å². The van der Waals surface area contributed by atoms with E-state index in [4.69, 9.17) is 11.6 Å². The molecule has 2 rings (SSSR count). The Kier molecular flexibility index (Phi) is 5.85. The maximum absolute atomic E-state index is 10.3. The maximum Gasteiger partial charge on any atom is 0.0917 e. The highest BCUT2D eigenvalue weighted by Gasteiger charge is 2.25. The Bertz CT molecular complexity index is 427. The molecule has 2 atom stereocenters. The summed E-state index contributed by atoms with van der Waals surface area (Å²) in [4.78, 5) is 4.72. The van der Waals surface area contributed by atoms with Gasteiger partial charge in [0.1, 0.15) is 0 Å². The lowest BCUT2D eigenvalue weighted by molar-refractivity contribution is 0.123. The zero-order chi connectivity index (χ0) is 14.5. The summed E-state index contributed by atoms with van der Waals surface area (Å²) in [5, 5.41) is 11.0. The topological polar surface area (TPSA) is 26.7 Å². The van der Waals surface area contributed by atoms with Gasteiger partial charge in [-0.1, -0.05) is 30.7 Å². The highest BCUT2D eigenvalue weighted by atomic mass is 35.5. The molecule has 1 aliphatic rings. The number of likely N-dealkylation sites (tertiary alicyclic amines) is 1. The highest BCUT2D eigenvalue weighted by molar-refractivity contribution is 6.30. The Morgan fingerprint density at radius 1 is 1.50 bits per heavy atom. The van der Waals surface area contributed by atoms with Gasteiger partial charge >= 0.3 is 0 Å². The van der Waals surface area contributed by atoms with Crippen molar-refractivity contribution in [2.45, 2.75) is 19.4 Å². The third-order valence-electron chi connectivity index (χ3n) is 4.14. The maximum atomic E-state index is 10.3. The fraction of sp³-hybridized carbons (Fsp3) is 0.625. The first-order valence-electron chi connectivity index (χ1n) is 7.43. The third kappa shape index (κ3) is 4.45. The Morgan fingerprint density at radius 2 is 2.30 bits per heavy atom. The molecule has 0 radical (unpaired) electrons. The predicted octanol–water partition coefficient (Wildman–Crippen LogP) is 2.65. The summed E-state index contributed by atoms with van der Waals surface area (Å²) in [6.07, 6.45) is 0.781. The van der Waals surface area contributed by atoms with Crippen LogP contribution in [0.3, 0.4) is 0 Å². The highest BCUT2D eigenvalue weighted by Crippen LogP contribution is 2.22. The Balaban J connectivity index is 1.82. The van der Waals surface area contributed by atoms with Gasteiger partial charge < -0.3 is 14.9 Å². The molecule has 2 unspecified atom stereocenters. The van der Waals surface area contributed by atoms with Crippen LogP contribution >= 0.6 is 11.6 Å². The van der Waals surface area contributed by atoms with E-state index < -0.39 is 6.10 Å². The molecular weight excluding hydrogens is 272 g/mol. The summed E-state index contributed by atoms with van der Waals surface area (Å²) in [5.74, 6) is 0.728. The molecule has 1 fully saturated rings. The quantitative estimate of drug-likeness (QED) is 0.874. The molecular formula is C16H25ClN2O. The van der Waals surface area contributed by atoms with Crippen molar-refractivity contribution in [3.05, 3.63) is 34.9 Å². The Morgan fingerprint density at radius 3 is 3.00 bits per heavy atom. The molecule has 0 aliphatic carbocycles. The molecule has 112 valence electrons. The molecule has 0 bridgehead atoms. The molecule has 0 aromatic heterocycles. The van der Waals surface area contributed by atoms with Gasteiger partial charge in [0.2, 0.25) is 0 Å². The molecule has 1 N–H and O–H groups in total. The van der Waals surface area contributed by atoms with Crippen molar-refractivity contribution in [1.82, 2.24) is 9.80 Å². The second kappa shape index (κ2) is 7.41. The van der Waals surface area contributed by atoms with Crippen LogP contribution in [-0.4, -0.2) is 54.7 Å². The average molecular weight is 297 g/mol. The van der Waals surface area contributed by atoms with E-state index in [0.29, 0.717) is 11.6 Å². The Labute approximate surface area is 127 Å². The summed E-state index contributed by atoms with van der Waals surface area (Å²) in [5.41, 5.74) is 0.909. The molecule has 0 amide bonds. The van der Waals surface area contributed by atoms with Crippen molar-refractivity contribution in [3.63, 3.8) is 0 Å². The van der Waals surface area contributed by atoms with E-state index in [1.54, 1.807) is 0 Å².